The summed E-state index contributed by atoms with van der Waals surface area (Å²) in [6.07, 6.45) is 2.99. The third kappa shape index (κ3) is 4.21. The molecule has 0 radical (unpaired) electrons. The summed E-state index contributed by atoms with van der Waals surface area (Å²) in [6, 6.07) is 7.27. The summed E-state index contributed by atoms with van der Waals surface area (Å²) in [6.45, 7) is 1.92. The van der Waals surface area contributed by atoms with Crippen molar-refractivity contribution in [2.75, 3.05) is 27.3 Å². The van der Waals surface area contributed by atoms with Gasteiger partial charge in [-0.15, -0.1) is 0 Å². The van der Waals surface area contributed by atoms with E-state index < -0.39 is 6.10 Å². The number of methoxy groups -OCH3 is 2. The average Bonchev–Trinajstić information content (AvgIpc) is 3.04. The fourth-order valence-electron chi connectivity index (χ4n) is 2.07. The third-order valence-electron chi connectivity index (χ3n) is 3.21. The van der Waals surface area contributed by atoms with Crippen molar-refractivity contribution in [3.63, 3.8) is 0 Å². The minimum absolute atomic E-state index is 0.435. The number of nitrogens with one attached hydrogen (secondary N) is 1. The first kappa shape index (κ1) is 15.3. The summed E-state index contributed by atoms with van der Waals surface area (Å²) in [7, 11) is 3.18. The molecule has 1 unspecified atom stereocenters. The van der Waals surface area contributed by atoms with Crippen molar-refractivity contribution in [3.8, 4) is 11.5 Å². The van der Waals surface area contributed by atoms with Gasteiger partial charge in [-0.25, -0.2) is 0 Å². The predicted octanol–water partition coefficient (Wildman–Crippen LogP) is 1.22. The van der Waals surface area contributed by atoms with E-state index >= 15 is 0 Å². The van der Waals surface area contributed by atoms with Gasteiger partial charge in [0.1, 0.15) is 11.5 Å². The fraction of sp³-hybridized carbons (Fsp3) is 0.400. The van der Waals surface area contributed by atoms with Crippen LogP contribution in [0.3, 0.4) is 0 Å². The Labute approximate surface area is 124 Å². The van der Waals surface area contributed by atoms with Gasteiger partial charge < -0.3 is 19.9 Å². The highest BCUT2D eigenvalue weighted by Crippen LogP contribution is 2.28. The molecule has 0 spiro atoms. The van der Waals surface area contributed by atoms with E-state index in [1.54, 1.807) is 38.6 Å². The van der Waals surface area contributed by atoms with Gasteiger partial charge in [0.2, 0.25) is 0 Å². The van der Waals surface area contributed by atoms with Crippen LogP contribution in [-0.4, -0.2) is 42.2 Å². The minimum atomic E-state index is -0.660. The van der Waals surface area contributed by atoms with Crippen LogP contribution in [-0.2, 0) is 6.54 Å². The number of aliphatic hydroxyl groups is 1. The topological polar surface area (TPSA) is 68.5 Å². The minimum Gasteiger partial charge on any atom is -0.497 e. The lowest BCUT2D eigenvalue weighted by molar-refractivity contribution is 0.169. The van der Waals surface area contributed by atoms with Crippen molar-refractivity contribution in [1.29, 1.82) is 0 Å². The Morgan fingerprint density at radius 1 is 1.33 bits per heavy atom. The molecule has 0 fully saturated rings. The molecular formula is C15H21N3O3. The fourth-order valence-corrected chi connectivity index (χ4v) is 2.07. The highest BCUT2D eigenvalue weighted by atomic mass is 16.5. The van der Waals surface area contributed by atoms with E-state index in [0.29, 0.717) is 23.6 Å². The zero-order valence-corrected chi connectivity index (χ0v) is 12.3. The number of aromatic nitrogens is 2. The SMILES string of the molecule is COc1ccc(OC)c(C(O)CNCCn2cccn2)c1. The van der Waals surface area contributed by atoms with E-state index in [9.17, 15) is 5.11 Å². The van der Waals surface area contributed by atoms with Gasteiger partial charge in [0.25, 0.3) is 0 Å². The largest absolute Gasteiger partial charge is 0.497 e. The van der Waals surface area contributed by atoms with E-state index in [1.165, 1.54) is 0 Å². The van der Waals surface area contributed by atoms with E-state index in [-0.39, 0.29) is 0 Å². The standard InChI is InChI=1S/C15H21N3O3/c1-20-12-4-5-15(21-2)13(10-12)14(19)11-16-7-9-18-8-3-6-17-18/h3-6,8,10,14,16,19H,7,9,11H2,1-2H3. The molecule has 0 saturated carbocycles. The Kier molecular flexibility index (Phi) is 5.59. The summed E-state index contributed by atoms with van der Waals surface area (Å²) < 4.78 is 12.3. The molecule has 0 aliphatic rings. The summed E-state index contributed by atoms with van der Waals surface area (Å²) in [4.78, 5) is 0. The second-order valence-corrected chi connectivity index (χ2v) is 4.60. The van der Waals surface area contributed by atoms with E-state index in [2.05, 4.69) is 10.4 Å². The Morgan fingerprint density at radius 2 is 2.19 bits per heavy atom. The van der Waals surface area contributed by atoms with Gasteiger partial charge in [-0.1, -0.05) is 0 Å². The molecular weight excluding hydrogens is 270 g/mol. The van der Waals surface area contributed by atoms with Gasteiger partial charge in [-0.3, -0.25) is 4.68 Å². The molecule has 0 aliphatic carbocycles. The lowest BCUT2D eigenvalue weighted by Gasteiger charge is -2.16. The maximum absolute atomic E-state index is 10.3. The Morgan fingerprint density at radius 3 is 2.86 bits per heavy atom. The smallest absolute Gasteiger partial charge is 0.124 e. The van der Waals surface area contributed by atoms with Crippen LogP contribution in [0.5, 0.6) is 11.5 Å². The van der Waals surface area contributed by atoms with Crippen LogP contribution in [0.25, 0.3) is 0 Å². The lowest BCUT2D eigenvalue weighted by atomic mass is 10.1. The van der Waals surface area contributed by atoms with Crippen LogP contribution in [0.1, 0.15) is 11.7 Å². The maximum atomic E-state index is 10.3. The quantitative estimate of drug-likeness (QED) is 0.716. The Bertz CT molecular complexity index is 543. The predicted molar refractivity (Wildman–Crippen MR) is 79.6 cm³/mol. The summed E-state index contributed by atoms with van der Waals surface area (Å²) in [5.74, 6) is 1.35. The highest BCUT2D eigenvalue weighted by molar-refractivity contribution is 5.41. The zero-order valence-electron chi connectivity index (χ0n) is 12.3. The number of rotatable bonds is 8. The van der Waals surface area contributed by atoms with Crippen LogP contribution in [0.4, 0.5) is 0 Å². The molecule has 1 aromatic heterocycles. The molecule has 0 saturated heterocycles. The summed E-state index contributed by atoms with van der Waals surface area (Å²) in [5, 5.41) is 17.6. The van der Waals surface area contributed by atoms with Crippen LogP contribution >= 0.6 is 0 Å². The van der Waals surface area contributed by atoms with E-state index in [0.717, 1.165) is 13.1 Å². The monoisotopic (exact) mass is 291 g/mol. The van der Waals surface area contributed by atoms with Crippen molar-refractivity contribution in [3.05, 3.63) is 42.2 Å². The first-order valence-corrected chi connectivity index (χ1v) is 6.82. The number of aliphatic hydroxyl groups excluding tert-OH is 1. The molecule has 114 valence electrons. The summed E-state index contributed by atoms with van der Waals surface area (Å²) >= 11 is 0. The first-order chi connectivity index (χ1) is 10.2. The lowest BCUT2D eigenvalue weighted by Crippen LogP contribution is -2.25. The zero-order chi connectivity index (χ0) is 15.1. The number of hydrogen-bond donors (Lipinski definition) is 2. The highest BCUT2D eigenvalue weighted by Gasteiger charge is 2.14. The van der Waals surface area contributed by atoms with Gasteiger partial charge in [-0.2, -0.15) is 5.10 Å². The van der Waals surface area contributed by atoms with Gasteiger partial charge >= 0.3 is 0 Å². The molecule has 1 heterocycles. The number of nitrogens with zero attached hydrogens (tertiary/aromatic N) is 2. The van der Waals surface area contributed by atoms with Crippen LogP contribution in [0.2, 0.25) is 0 Å². The Hall–Kier alpha value is -2.05. The van der Waals surface area contributed by atoms with Gasteiger partial charge in [0, 0.05) is 31.0 Å². The van der Waals surface area contributed by atoms with Crippen molar-refractivity contribution >= 4 is 0 Å². The molecule has 2 aromatic rings. The average molecular weight is 291 g/mol. The molecule has 1 aromatic carbocycles. The molecule has 2 N–H and O–H groups in total. The maximum Gasteiger partial charge on any atom is 0.124 e. The van der Waals surface area contributed by atoms with E-state index in [4.69, 9.17) is 9.47 Å². The first-order valence-electron chi connectivity index (χ1n) is 6.82. The van der Waals surface area contributed by atoms with Gasteiger partial charge in [-0.05, 0) is 24.3 Å². The molecule has 21 heavy (non-hydrogen) atoms. The number of benzene rings is 1. The van der Waals surface area contributed by atoms with Crippen LogP contribution < -0.4 is 14.8 Å². The van der Waals surface area contributed by atoms with Crippen LogP contribution in [0.15, 0.2) is 36.7 Å². The third-order valence-corrected chi connectivity index (χ3v) is 3.21. The Balaban J connectivity index is 1.88. The van der Waals surface area contributed by atoms with Crippen molar-refractivity contribution in [2.24, 2.45) is 0 Å². The van der Waals surface area contributed by atoms with Gasteiger partial charge in [0.15, 0.2) is 0 Å². The van der Waals surface area contributed by atoms with E-state index in [1.807, 2.05) is 16.9 Å². The van der Waals surface area contributed by atoms with Crippen molar-refractivity contribution in [1.82, 2.24) is 15.1 Å². The summed E-state index contributed by atoms with van der Waals surface area (Å²) in [5.41, 5.74) is 0.712. The molecule has 2 rings (SSSR count). The van der Waals surface area contributed by atoms with Crippen molar-refractivity contribution < 1.29 is 14.6 Å². The molecule has 0 amide bonds. The van der Waals surface area contributed by atoms with Gasteiger partial charge in [0.05, 0.1) is 26.9 Å². The molecule has 0 bridgehead atoms. The molecule has 6 heteroatoms. The normalized spacial score (nSPS) is 12.1. The molecule has 6 nitrogen and oxygen atoms in total. The second kappa shape index (κ2) is 7.66. The number of ether oxygens (including phenoxy) is 2. The molecule has 1 atom stereocenters. The van der Waals surface area contributed by atoms with Crippen molar-refractivity contribution in [2.45, 2.75) is 12.6 Å². The number of hydrogen-bond acceptors (Lipinski definition) is 5. The second-order valence-electron chi connectivity index (χ2n) is 4.60. The molecule has 0 aliphatic heterocycles. The van der Waals surface area contributed by atoms with Crippen LogP contribution in [0, 0.1) is 0 Å².